The number of aromatic nitrogens is 4. The fourth-order valence-corrected chi connectivity index (χ4v) is 2.22. The van der Waals surface area contributed by atoms with E-state index in [2.05, 4.69) is 57.3 Å². The fourth-order valence-electron chi connectivity index (χ4n) is 1.60. The lowest BCUT2D eigenvalue weighted by Gasteiger charge is -2.08. The molecule has 0 aliphatic rings. The molecule has 0 fully saturated rings. The maximum atomic E-state index is 4.07. The van der Waals surface area contributed by atoms with Crippen LogP contribution in [0.3, 0.4) is 0 Å². The third kappa shape index (κ3) is 3.26. The lowest BCUT2D eigenvalue weighted by molar-refractivity contribution is 0.537. The first-order valence-electron chi connectivity index (χ1n) is 5.91. The number of tetrazole rings is 1. The molecular formula is C12H16IN5. The van der Waals surface area contributed by atoms with E-state index in [1.54, 1.807) is 4.68 Å². The van der Waals surface area contributed by atoms with Gasteiger partial charge in [0.25, 0.3) is 0 Å². The van der Waals surface area contributed by atoms with E-state index in [4.69, 9.17) is 0 Å². The highest BCUT2D eigenvalue weighted by Gasteiger charge is 2.10. The smallest absolute Gasteiger partial charge is 0.170 e. The van der Waals surface area contributed by atoms with E-state index in [1.807, 2.05) is 24.3 Å². The lowest BCUT2D eigenvalue weighted by atomic mass is 10.2. The zero-order valence-corrected chi connectivity index (χ0v) is 12.6. The molecule has 1 aromatic carbocycles. The third-order valence-corrected chi connectivity index (χ3v) is 3.36. The van der Waals surface area contributed by atoms with Crippen molar-refractivity contribution in [1.29, 1.82) is 0 Å². The summed E-state index contributed by atoms with van der Waals surface area (Å²) in [6.07, 6.45) is 0. The van der Waals surface area contributed by atoms with E-state index < -0.39 is 0 Å². The van der Waals surface area contributed by atoms with Crippen molar-refractivity contribution in [3.05, 3.63) is 33.7 Å². The Labute approximate surface area is 120 Å². The Bertz CT molecular complexity index is 509. The highest BCUT2D eigenvalue weighted by molar-refractivity contribution is 14.1. The molecule has 0 saturated carbocycles. The summed E-state index contributed by atoms with van der Waals surface area (Å²) in [4.78, 5) is 0. The van der Waals surface area contributed by atoms with Gasteiger partial charge >= 0.3 is 0 Å². The van der Waals surface area contributed by atoms with Crippen LogP contribution in [-0.4, -0.2) is 26.8 Å². The number of hydrogen-bond acceptors (Lipinski definition) is 4. The Morgan fingerprint density at radius 1 is 1.33 bits per heavy atom. The van der Waals surface area contributed by atoms with Crippen molar-refractivity contribution >= 4 is 22.6 Å². The van der Waals surface area contributed by atoms with Crippen LogP contribution in [0.1, 0.15) is 19.7 Å². The molecule has 5 nitrogen and oxygen atoms in total. The van der Waals surface area contributed by atoms with Gasteiger partial charge in [0.05, 0.1) is 12.2 Å². The van der Waals surface area contributed by atoms with Gasteiger partial charge in [-0.15, -0.1) is 5.10 Å². The van der Waals surface area contributed by atoms with Crippen molar-refractivity contribution in [2.45, 2.75) is 20.4 Å². The molecule has 6 heteroatoms. The van der Waals surface area contributed by atoms with Crippen molar-refractivity contribution in [1.82, 2.24) is 25.5 Å². The molecule has 0 atom stereocenters. The van der Waals surface area contributed by atoms with Gasteiger partial charge < -0.3 is 5.32 Å². The maximum absolute atomic E-state index is 4.07. The summed E-state index contributed by atoms with van der Waals surface area (Å²) >= 11 is 2.29. The minimum atomic E-state index is 0.617. The van der Waals surface area contributed by atoms with Crippen molar-refractivity contribution in [3.8, 4) is 5.69 Å². The summed E-state index contributed by atoms with van der Waals surface area (Å²) in [7, 11) is 0. The molecule has 0 aliphatic carbocycles. The average Bonchev–Trinajstić information content (AvgIpc) is 2.77. The van der Waals surface area contributed by atoms with Crippen LogP contribution in [0.5, 0.6) is 0 Å². The Kier molecular flexibility index (Phi) is 4.65. The molecule has 0 unspecified atom stereocenters. The number of hydrogen-bond donors (Lipinski definition) is 1. The molecule has 18 heavy (non-hydrogen) atoms. The van der Waals surface area contributed by atoms with E-state index >= 15 is 0 Å². The summed E-state index contributed by atoms with van der Waals surface area (Å²) in [5.41, 5.74) is 1.02. The zero-order valence-electron chi connectivity index (χ0n) is 10.5. The van der Waals surface area contributed by atoms with Crippen molar-refractivity contribution < 1.29 is 0 Å². The van der Waals surface area contributed by atoms with Gasteiger partial charge in [0.15, 0.2) is 5.82 Å². The molecule has 0 bridgehead atoms. The maximum Gasteiger partial charge on any atom is 0.170 e. The summed E-state index contributed by atoms with van der Waals surface area (Å²) in [6, 6.07) is 8.06. The van der Waals surface area contributed by atoms with Gasteiger partial charge in [-0.1, -0.05) is 26.0 Å². The molecule has 96 valence electrons. The highest BCUT2D eigenvalue weighted by Crippen LogP contribution is 2.16. The normalized spacial score (nSPS) is 11.1. The SMILES string of the molecule is CC(C)CNCc1nnnn1-c1ccccc1I. The first-order chi connectivity index (χ1) is 8.68. The molecule has 0 spiro atoms. The second kappa shape index (κ2) is 6.24. The van der Waals surface area contributed by atoms with Crippen molar-refractivity contribution in [3.63, 3.8) is 0 Å². The molecule has 2 rings (SSSR count). The highest BCUT2D eigenvalue weighted by atomic mass is 127. The number of nitrogens with one attached hydrogen (secondary N) is 1. The monoisotopic (exact) mass is 357 g/mol. The van der Waals surface area contributed by atoms with Gasteiger partial charge in [0, 0.05) is 3.57 Å². The molecule has 1 N–H and O–H groups in total. The van der Waals surface area contributed by atoms with Crippen molar-refractivity contribution in [2.24, 2.45) is 5.92 Å². The Morgan fingerprint density at radius 3 is 2.83 bits per heavy atom. The van der Waals surface area contributed by atoms with Crippen LogP contribution in [0.25, 0.3) is 5.69 Å². The second-order valence-electron chi connectivity index (χ2n) is 4.48. The van der Waals surface area contributed by atoms with Gasteiger partial charge in [0.1, 0.15) is 0 Å². The van der Waals surface area contributed by atoms with Gasteiger partial charge in [-0.3, -0.25) is 0 Å². The van der Waals surface area contributed by atoms with Crippen LogP contribution in [0.4, 0.5) is 0 Å². The first-order valence-corrected chi connectivity index (χ1v) is 6.99. The van der Waals surface area contributed by atoms with Crippen LogP contribution >= 0.6 is 22.6 Å². The van der Waals surface area contributed by atoms with Crippen LogP contribution in [0.15, 0.2) is 24.3 Å². The molecule has 1 aromatic heterocycles. The van der Waals surface area contributed by atoms with Gasteiger partial charge in [-0.2, -0.15) is 4.68 Å². The number of rotatable bonds is 5. The summed E-state index contributed by atoms with van der Waals surface area (Å²) in [5, 5.41) is 15.2. The Morgan fingerprint density at radius 2 is 2.11 bits per heavy atom. The minimum absolute atomic E-state index is 0.617. The van der Waals surface area contributed by atoms with Crippen molar-refractivity contribution in [2.75, 3.05) is 6.54 Å². The predicted molar refractivity (Wildman–Crippen MR) is 78.4 cm³/mol. The van der Waals surface area contributed by atoms with Gasteiger partial charge in [-0.05, 0) is 57.6 Å². The van der Waals surface area contributed by atoms with E-state index in [1.165, 1.54) is 0 Å². The Balaban J connectivity index is 2.15. The topological polar surface area (TPSA) is 55.6 Å². The molecular weight excluding hydrogens is 341 g/mol. The van der Waals surface area contributed by atoms with E-state index in [9.17, 15) is 0 Å². The zero-order chi connectivity index (χ0) is 13.0. The molecule has 0 amide bonds. The standard InChI is InChI=1S/C12H16IN5/c1-9(2)7-14-8-12-15-16-17-18(12)11-6-4-3-5-10(11)13/h3-6,9,14H,7-8H2,1-2H3. The predicted octanol–water partition coefficient (Wildman–Crippen LogP) is 2.01. The first kappa shape index (κ1) is 13.4. The quantitative estimate of drug-likeness (QED) is 0.832. The number of para-hydroxylation sites is 1. The molecule has 0 aliphatic heterocycles. The van der Waals surface area contributed by atoms with E-state index in [0.29, 0.717) is 12.5 Å². The number of halogens is 1. The largest absolute Gasteiger partial charge is 0.310 e. The summed E-state index contributed by atoms with van der Waals surface area (Å²) in [5.74, 6) is 1.45. The van der Waals surface area contributed by atoms with Crippen LogP contribution < -0.4 is 5.32 Å². The third-order valence-electron chi connectivity index (χ3n) is 2.45. The second-order valence-corrected chi connectivity index (χ2v) is 5.65. The van der Waals surface area contributed by atoms with Crippen LogP contribution in [0, 0.1) is 9.49 Å². The summed E-state index contributed by atoms with van der Waals surface area (Å²) in [6.45, 7) is 5.99. The molecule has 2 aromatic rings. The lowest BCUT2D eigenvalue weighted by Crippen LogP contribution is -2.21. The molecule has 0 radical (unpaired) electrons. The van der Waals surface area contributed by atoms with E-state index in [-0.39, 0.29) is 0 Å². The van der Waals surface area contributed by atoms with Gasteiger partial charge in [-0.25, -0.2) is 0 Å². The summed E-state index contributed by atoms with van der Waals surface area (Å²) < 4.78 is 2.92. The van der Waals surface area contributed by atoms with Crippen LogP contribution in [-0.2, 0) is 6.54 Å². The minimum Gasteiger partial charge on any atom is -0.310 e. The Hall–Kier alpha value is -1.02. The fraction of sp³-hybridized carbons (Fsp3) is 0.417. The van der Waals surface area contributed by atoms with Crippen LogP contribution in [0.2, 0.25) is 0 Å². The molecule has 1 heterocycles. The number of benzene rings is 1. The number of nitrogens with zero attached hydrogens (tertiary/aromatic N) is 4. The molecule has 0 saturated heterocycles. The average molecular weight is 357 g/mol. The van der Waals surface area contributed by atoms with Gasteiger partial charge in [0.2, 0.25) is 0 Å². The van der Waals surface area contributed by atoms with E-state index in [0.717, 1.165) is 21.6 Å².